The molecular weight excluding hydrogens is 284 g/mol. The molecule has 6 heteroatoms. The minimum atomic E-state index is 0.0433. The second-order valence-electron chi connectivity index (χ2n) is 5.28. The summed E-state index contributed by atoms with van der Waals surface area (Å²) in [4.78, 5) is 18.1. The molecule has 2 aromatic heterocycles. The Hall–Kier alpha value is -1.66. The second-order valence-corrected chi connectivity index (χ2v) is 6.31. The zero-order valence-corrected chi connectivity index (χ0v) is 13.0. The van der Waals surface area contributed by atoms with E-state index < -0.39 is 0 Å². The first-order chi connectivity index (χ1) is 10.3. The Morgan fingerprint density at radius 3 is 2.81 bits per heavy atom. The Morgan fingerprint density at radius 2 is 2.19 bits per heavy atom. The van der Waals surface area contributed by atoms with Gasteiger partial charge < -0.3 is 4.90 Å². The van der Waals surface area contributed by atoms with Crippen molar-refractivity contribution in [1.82, 2.24) is 20.0 Å². The lowest BCUT2D eigenvalue weighted by molar-refractivity contribution is 0.0624. The number of aromatic nitrogens is 2. The van der Waals surface area contributed by atoms with Gasteiger partial charge in [0.1, 0.15) is 5.69 Å². The van der Waals surface area contributed by atoms with E-state index in [9.17, 15) is 4.79 Å². The number of aryl methyl sites for hydroxylation is 1. The van der Waals surface area contributed by atoms with Gasteiger partial charge in [-0.1, -0.05) is 13.0 Å². The first kappa shape index (κ1) is 14.3. The first-order valence-electron chi connectivity index (χ1n) is 7.34. The van der Waals surface area contributed by atoms with Crippen LogP contribution in [0.5, 0.6) is 0 Å². The van der Waals surface area contributed by atoms with E-state index in [0.717, 1.165) is 44.8 Å². The fraction of sp³-hybridized carbons (Fsp3) is 0.467. The highest BCUT2D eigenvalue weighted by molar-refractivity contribution is 7.09. The van der Waals surface area contributed by atoms with Crippen LogP contribution < -0.4 is 0 Å². The number of nitrogens with zero attached hydrogens (tertiary/aromatic N) is 3. The van der Waals surface area contributed by atoms with E-state index in [2.05, 4.69) is 32.6 Å². The summed E-state index contributed by atoms with van der Waals surface area (Å²) in [5.41, 5.74) is 1.55. The molecule has 3 heterocycles. The van der Waals surface area contributed by atoms with Gasteiger partial charge in [-0.2, -0.15) is 5.10 Å². The lowest BCUT2D eigenvalue weighted by atomic mass is 10.2. The summed E-state index contributed by atoms with van der Waals surface area (Å²) < 4.78 is 0. The minimum absolute atomic E-state index is 0.0433. The molecular formula is C15H20N4OS. The first-order valence-corrected chi connectivity index (χ1v) is 8.22. The normalized spacial score (nSPS) is 16.3. The number of H-pyrrole nitrogens is 1. The summed E-state index contributed by atoms with van der Waals surface area (Å²) in [6, 6.07) is 6.11. The molecule has 1 aliphatic heterocycles. The monoisotopic (exact) mass is 304 g/mol. The summed E-state index contributed by atoms with van der Waals surface area (Å²) >= 11 is 1.79. The Labute approximate surface area is 128 Å². The average Bonchev–Trinajstić information content (AvgIpc) is 3.18. The number of nitrogens with one attached hydrogen (secondary N) is 1. The number of carbonyl (C=O) groups is 1. The SMILES string of the molecule is CCc1cc(C(=O)N2CCN(Cc3cccs3)CC2)n[nH]1. The van der Waals surface area contributed by atoms with Crippen molar-refractivity contribution in [3.63, 3.8) is 0 Å². The number of hydrogen-bond acceptors (Lipinski definition) is 4. The maximum absolute atomic E-state index is 12.4. The Balaban J connectivity index is 1.54. The van der Waals surface area contributed by atoms with Crippen molar-refractivity contribution >= 4 is 17.2 Å². The predicted molar refractivity (Wildman–Crippen MR) is 83.5 cm³/mol. The van der Waals surface area contributed by atoms with E-state index in [1.807, 2.05) is 17.9 Å². The summed E-state index contributed by atoms with van der Waals surface area (Å²) in [7, 11) is 0. The molecule has 0 saturated carbocycles. The zero-order valence-electron chi connectivity index (χ0n) is 12.2. The van der Waals surface area contributed by atoms with Gasteiger partial charge in [0.2, 0.25) is 0 Å². The van der Waals surface area contributed by atoms with Crippen LogP contribution in [0.4, 0.5) is 0 Å². The molecule has 0 bridgehead atoms. The molecule has 0 atom stereocenters. The van der Waals surface area contributed by atoms with Gasteiger partial charge in [-0.25, -0.2) is 0 Å². The smallest absolute Gasteiger partial charge is 0.274 e. The highest BCUT2D eigenvalue weighted by Gasteiger charge is 2.23. The highest BCUT2D eigenvalue weighted by Crippen LogP contribution is 2.14. The van der Waals surface area contributed by atoms with Crippen LogP contribution in [0.15, 0.2) is 23.6 Å². The van der Waals surface area contributed by atoms with Crippen LogP contribution in [0.3, 0.4) is 0 Å². The second kappa shape index (κ2) is 6.41. The molecule has 0 unspecified atom stereocenters. The summed E-state index contributed by atoms with van der Waals surface area (Å²) in [6.07, 6.45) is 0.870. The van der Waals surface area contributed by atoms with Gasteiger partial charge in [0.05, 0.1) is 0 Å². The van der Waals surface area contributed by atoms with Gasteiger partial charge in [-0.05, 0) is 23.9 Å². The van der Waals surface area contributed by atoms with Gasteiger partial charge >= 0.3 is 0 Å². The number of hydrogen-bond donors (Lipinski definition) is 1. The number of rotatable bonds is 4. The maximum atomic E-state index is 12.4. The van der Waals surface area contributed by atoms with E-state index in [0.29, 0.717) is 5.69 Å². The van der Waals surface area contributed by atoms with Crippen molar-refractivity contribution in [3.05, 3.63) is 39.8 Å². The third-order valence-corrected chi connectivity index (χ3v) is 4.71. The quantitative estimate of drug-likeness (QED) is 0.940. The van der Waals surface area contributed by atoms with Crippen LogP contribution in [-0.2, 0) is 13.0 Å². The third-order valence-electron chi connectivity index (χ3n) is 3.85. The Morgan fingerprint density at radius 1 is 1.38 bits per heavy atom. The third kappa shape index (κ3) is 3.33. The van der Waals surface area contributed by atoms with Gasteiger partial charge in [0, 0.05) is 43.3 Å². The van der Waals surface area contributed by atoms with E-state index in [1.54, 1.807) is 11.3 Å². The van der Waals surface area contributed by atoms with Crippen molar-refractivity contribution in [2.45, 2.75) is 19.9 Å². The molecule has 1 fully saturated rings. The molecule has 112 valence electrons. The Kier molecular flexibility index (Phi) is 4.36. The lowest BCUT2D eigenvalue weighted by Gasteiger charge is -2.34. The predicted octanol–water partition coefficient (Wildman–Crippen LogP) is 1.99. The molecule has 0 radical (unpaired) electrons. The molecule has 0 aliphatic carbocycles. The molecule has 1 aliphatic rings. The molecule has 0 spiro atoms. The minimum Gasteiger partial charge on any atom is -0.335 e. The number of aromatic amines is 1. The van der Waals surface area contributed by atoms with Crippen LogP contribution in [0.2, 0.25) is 0 Å². The fourth-order valence-electron chi connectivity index (χ4n) is 2.55. The van der Waals surface area contributed by atoms with Crippen molar-refractivity contribution in [3.8, 4) is 0 Å². The highest BCUT2D eigenvalue weighted by atomic mass is 32.1. The molecule has 2 aromatic rings. The average molecular weight is 304 g/mol. The topological polar surface area (TPSA) is 52.2 Å². The number of piperazine rings is 1. The van der Waals surface area contributed by atoms with Crippen molar-refractivity contribution in [2.75, 3.05) is 26.2 Å². The van der Waals surface area contributed by atoms with E-state index in [-0.39, 0.29) is 5.91 Å². The van der Waals surface area contributed by atoms with E-state index in [4.69, 9.17) is 0 Å². The van der Waals surface area contributed by atoms with Crippen molar-refractivity contribution in [2.24, 2.45) is 0 Å². The molecule has 3 rings (SSSR count). The van der Waals surface area contributed by atoms with E-state index in [1.165, 1.54) is 4.88 Å². The van der Waals surface area contributed by atoms with Crippen molar-refractivity contribution < 1.29 is 4.79 Å². The number of thiophene rings is 1. The summed E-state index contributed by atoms with van der Waals surface area (Å²) in [5, 5.41) is 9.13. The molecule has 1 N–H and O–H groups in total. The van der Waals surface area contributed by atoms with E-state index >= 15 is 0 Å². The molecule has 5 nitrogen and oxygen atoms in total. The van der Waals surface area contributed by atoms with Gasteiger partial charge in [0.25, 0.3) is 5.91 Å². The largest absolute Gasteiger partial charge is 0.335 e. The van der Waals surface area contributed by atoms with Crippen molar-refractivity contribution in [1.29, 1.82) is 0 Å². The molecule has 21 heavy (non-hydrogen) atoms. The van der Waals surface area contributed by atoms with Crippen LogP contribution in [0.25, 0.3) is 0 Å². The van der Waals surface area contributed by atoms with Crippen LogP contribution >= 0.6 is 11.3 Å². The van der Waals surface area contributed by atoms with Crippen LogP contribution in [0, 0.1) is 0 Å². The molecule has 0 aromatic carbocycles. The lowest BCUT2D eigenvalue weighted by Crippen LogP contribution is -2.48. The van der Waals surface area contributed by atoms with Gasteiger partial charge in [0.15, 0.2) is 0 Å². The van der Waals surface area contributed by atoms with Crippen LogP contribution in [-0.4, -0.2) is 52.1 Å². The summed E-state index contributed by atoms with van der Waals surface area (Å²) in [5.74, 6) is 0.0433. The Bertz CT molecular complexity index is 585. The molecule has 1 saturated heterocycles. The van der Waals surface area contributed by atoms with Crippen LogP contribution in [0.1, 0.15) is 28.0 Å². The number of amides is 1. The summed E-state index contributed by atoms with van der Waals surface area (Å²) in [6.45, 7) is 6.44. The van der Waals surface area contributed by atoms with Gasteiger partial charge in [-0.3, -0.25) is 14.8 Å². The van der Waals surface area contributed by atoms with Gasteiger partial charge in [-0.15, -0.1) is 11.3 Å². The fourth-order valence-corrected chi connectivity index (χ4v) is 3.29. The maximum Gasteiger partial charge on any atom is 0.274 e. The number of carbonyl (C=O) groups excluding carboxylic acids is 1. The molecule has 1 amide bonds. The zero-order chi connectivity index (χ0) is 14.7. The standard InChI is InChI=1S/C15H20N4OS/c1-2-12-10-14(17-16-12)15(20)19-7-5-18(6-8-19)11-13-4-3-9-21-13/h3-4,9-10H,2,5-8,11H2,1H3,(H,16,17).